The van der Waals surface area contributed by atoms with E-state index in [0.717, 1.165) is 28.3 Å². The van der Waals surface area contributed by atoms with Gasteiger partial charge in [0.1, 0.15) is 5.82 Å². The van der Waals surface area contributed by atoms with Gasteiger partial charge in [-0.25, -0.2) is 4.98 Å². The summed E-state index contributed by atoms with van der Waals surface area (Å²) in [6, 6.07) is 10.7. The van der Waals surface area contributed by atoms with E-state index in [1.807, 2.05) is 19.1 Å². The third kappa shape index (κ3) is 3.67. The van der Waals surface area contributed by atoms with Crippen LogP contribution in [-0.2, 0) is 6.42 Å². The van der Waals surface area contributed by atoms with Gasteiger partial charge in [0, 0.05) is 32.7 Å². The van der Waals surface area contributed by atoms with E-state index < -0.39 is 0 Å². The molecule has 1 heterocycles. The molecule has 23 heavy (non-hydrogen) atoms. The van der Waals surface area contributed by atoms with Crippen molar-refractivity contribution >= 4 is 46.4 Å². The SMILES string of the molecule is Cc1[nH]c(Cc2cc(Cl)ccc2Cl)nc1-c1cc(Cl)ccc1Cl. The van der Waals surface area contributed by atoms with Crippen molar-refractivity contribution in [3.05, 3.63) is 73.6 Å². The number of hydrogen-bond donors (Lipinski definition) is 1. The van der Waals surface area contributed by atoms with Crippen LogP contribution in [-0.4, -0.2) is 9.97 Å². The van der Waals surface area contributed by atoms with Gasteiger partial charge in [-0.05, 0) is 48.9 Å². The summed E-state index contributed by atoms with van der Waals surface area (Å²) >= 11 is 24.6. The lowest BCUT2D eigenvalue weighted by Crippen LogP contribution is -1.92. The third-order valence-corrected chi connectivity index (χ3v) is 4.65. The number of rotatable bonds is 3. The Kier molecular flexibility index (Phi) is 4.88. The predicted molar refractivity (Wildman–Crippen MR) is 98.0 cm³/mol. The number of aryl methyl sites for hydroxylation is 1. The molecule has 0 aliphatic carbocycles. The molecule has 118 valence electrons. The van der Waals surface area contributed by atoms with E-state index in [9.17, 15) is 0 Å². The summed E-state index contributed by atoms with van der Waals surface area (Å²) in [7, 11) is 0. The highest BCUT2D eigenvalue weighted by molar-refractivity contribution is 6.35. The van der Waals surface area contributed by atoms with E-state index in [1.165, 1.54) is 0 Å². The standard InChI is InChI=1S/C17H12Cl4N2/c1-9-17(13-8-12(19)3-5-15(13)21)23-16(22-9)7-10-6-11(18)2-4-14(10)20/h2-6,8H,7H2,1H3,(H,22,23). The number of aromatic amines is 1. The number of benzene rings is 2. The average Bonchev–Trinajstić information content (AvgIpc) is 2.86. The Balaban J connectivity index is 1.98. The third-order valence-electron chi connectivity index (χ3n) is 3.48. The first kappa shape index (κ1) is 16.7. The van der Waals surface area contributed by atoms with Crippen LogP contribution in [0.5, 0.6) is 0 Å². The molecule has 0 unspecified atom stereocenters. The Morgan fingerprint density at radius 1 is 0.913 bits per heavy atom. The zero-order chi connectivity index (χ0) is 16.6. The summed E-state index contributed by atoms with van der Waals surface area (Å²) < 4.78 is 0. The van der Waals surface area contributed by atoms with Gasteiger partial charge in [-0.15, -0.1) is 0 Å². The molecule has 3 aromatic rings. The second-order valence-electron chi connectivity index (χ2n) is 5.19. The van der Waals surface area contributed by atoms with Gasteiger partial charge in [0.05, 0.1) is 10.7 Å². The molecular weight excluding hydrogens is 374 g/mol. The van der Waals surface area contributed by atoms with E-state index >= 15 is 0 Å². The van der Waals surface area contributed by atoms with Gasteiger partial charge in [0.15, 0.2) is 0 Å². The average molecular weight is 386 g/mol. The molecule has 3 rings (SSSR count). The van der Waals surface area contributed by atoms with Crippen LogP contribution in [0.3, 0.4) is 0 Å². The zero-order valence-electron chi connectivity index (χ0n) is 12.1. The first-order valence-corrected chi connectivity index (χ1v) is 8.40. The zero-order valence-corrected chi connectivity index (χ0v) is 15.2. The van der Waals surface area contributed by atoms with E-state index in [2.05, 4.69) is 9.97 Å². The molecule has 2 nitrogen and oxygen atoms in total. The van der Waals surface area contributed by atoms with Gasteiger partial charge in [-0.2, -0.15) is 0 Å². The van der Waals surface area contributed by atoms with Crippen LogP contribution in [0, 0.1) is 6.92 Å². The van der Waals surface area contributed by atoms with Crippen molar-refractivity contribution in [3.8, 4) is 11.3 Å². The number of aromatic nitrogens is 2. The van der Waals surface area contributed by atoms with Crippen LogP contribution >= 0.6 is 46.4 Å². The van der Waals surface area contributed by atoms with Crippen LogP contribution in [0.1, 0.15) is 17.1 Å². The lowest BCUT2D eigenvalue weighted by Gasteiger charge is -2.03. The molecular formula is C17H12Cl4N2. The maximum Gasteiger partial charge on any atom is 0.111 e. The summed E-state index contributed by atoms with van der Waals surface area (Å²) in [4.78, 5) is 7.92. The number of nitrogens with one attached hydrogen (secondary N) is 1. The van der Waals surface area contributed by atoms with Crippen LogP contribution < -0.4 is 0 Å². The van der Waals surface area contributed by atoms with Crippen LogP contribution in [0.2, 0.25) is 20.1 Å². The second-order valence-corrected chi connectivity index (χ2v) is 6.88. The van der Waals surface area contributed by atoms with Gasteiger partial charge >= 0.3 is 0 Å². The minimum Gasteiger partial charge on any atom is -0.345 e. The number of halogens is 4. The lowest BCUT2D eigenvalue weighted by atomic mass is 10.1. The first-order valence-electron chi connectivity index (χ1n) is 6.89. The molecule has 0 saturated carbocycles. The normalized spacial score (nSPS) is 11.0. The molecule has 0 radical (unpaired) electrons. The molecule has 0 saturated heterocycles. The quantitative estimate of drug-likeness (QED) is 0.541. The molecule has 0 atom stereocenters. The number of hydrogen-bond acceptors (Lipinski definition) is 1. The lowest BCUT2D eigenvalue weighted by molar-refractivity contribution is 1.02. The fraction of sp³-hybridized carbons (Fsp3) is 0.118. The summed E-state index contributed by atoms with van der Waals surface area (Å²) in [6.45, 7) is 1.95. The van der Waals surface area contributed by atoms with Crippen molar-refractivity contribution < 1.29 is 0 Å². The fourth-order valence-corrected chi connectivity index (χ4v) is 3.16. The van der Waals surface area contributed by atoms with Crippen molar-refractivity contribution in [1.82, 2.24) is 9.97 Å². The Morgan fingerprint density at radius 3 is 2.30 bits per heavy atom. The van der Waals surface area contributed by atoms with E-state index in [0.29, 0.717) is 26.5 Å². The molecule has 0 aliphatic rings. The van der Waals surface area contributed by atoms with Crippen LogP contribution in [0.15, 0.2) is 36.4 Å². The summed E-state index contributed by atoms with van der Waals surface area (Å²) in [5.41, 5.74) is 3.42. The molecule has 1 N–H and O–H groups in total. The minimum atomic E-state index is 0.554. The highest BCUT2D eigenvalue weighted by Crippen LogP contribution is 2.32. The van der Waals surface area contributed by atoms with Gasteiger partial charge in [-0.1, -0.05) is 46.4 Å². The summed E-state index contributed by atoms with van der Waals surface area (Å²) in [5.74, 6) is 0.790. The molecule has 6 heteroatoms. The van der Waals surface area contributed by atoms with Gasteiger partial charge in [0.25, 0.3) is 0 Å². The molecule has 0 fully saturated rings. The van der Waals surface area contributed by atoms with Gasteiger partial charge in [0.2, 0.25) is 0 Å². The summed E-state index contributed by atoms with van der Waals surface area (Å²) in [5, 5.41) is 2.53. The largest absolute Gasteiger partial charge is 0.345 e. The Hall–Kier alpha value is -1.19. The molecule has 0 amide bonds. The van der Waals surface area contributed by atoms with Crippen LogP contribution in [0.4, 0.5) is 0 Å². The highest BCUT2D eigenvalue weighted by Gasteiger charge is 2.14. The number of H-pyrrole nitrogens is 1. The Labute approximate surface area is 154 Å². The Bertz CT molecular complexity index is 871. The van der Waals surface area contributed by atoms with Crippen molar-refractivity contribution in [3.63, 3.8) is 0 Å². The molecule has 0 bridgehead atoms. The maximum atomic E-state index is 6.27. The van der Waals surface area contributed by atoms with Crippen LogP contribution in [0.25, 0.3) is 11.3 Å². The Morgan fingerprint density at radius 2 is 1.57 bits per heavy atom. The fourth-order valence-electron chi connectivity index (χ4n) is 2.41. The predicted octanol–water partition coefficient (Wildman–Crippen LogP) is 6.59. The minimum absolute atomic E-state index is 0.554. The highest BCUT2D eigenvalue weighted by atomic mass is 35.5. The monoisotopic (exact) mass is 384 g/mol. The molecule has 0 spiro atoms. The number of imidazole rings is 1. The van der Waals surface area contributed by atoms with E-state index in [1.54, 1.807) is 24.3 Å². The van der Waals surface area contributed by atoms with E-state index in [-0.39, 0.29) is 0 Å². The van der Waals surface area contributed by atoms with Crippen molar-refractivity contribution in [2.24, 2.45) is 0 Å². The van der Waals surface area contributed by atoms with E-state index in [4.69, 9.17) is 46.4 Å². The van der Waals surface area contributed by atoms with Gasteiger partial charge < -0.3 is 4.98 Å². The van der Waals surface area contributed by atoms with Gasteiger partial charge in [-0.3, -0.25) is 0 Å². The summed E-state index contributed by atoms with van der Waals surface area (Å²) in [6.07, 6.45) is 0.554. The second kappa shape index (κ2) is 6.74. The molecule has 0 aliphatic heterocycles. The maximum absolute atomic E-state index is 6.27. The molecule has 2 aromatic carbocycles. The first-order chi connectivity index (χ1) is 10.9. The molecule has 1 aromatic heterocycles. The van der Waals surface area contributed by atoms with Crippen molar-refractivity contribution in [1.29, 1.82) is 0 Å². The smallest absolute Gasteiger partial charge is 0.111 e. The van der Waals surface area contributed by atoms with Crippen molar-refractivity contribution in [2.45, 2.75) is 13.3 Å². The van der Waals surface area contributed by atoms with Crippen molar-refractivity contribution in [2.75, 3.05) is 0 Å². The topological polar surface area (TPSA) is 28.7 Å². The number of nitrogens with zero attached hydrogens (tertiary/aromatic N) is 1.